The summed E-state index contributed by atoms with van der Waals surface area (Å²) in [6.45, 7) is 7.66. The van der Waals surface area contributed by atoms with Crippen molar-refractivity contribution in [2.45, 2.75) is 13.1 Å². The van der Waals surface area contributed by atoms with Gasteiger partial charge in [0.25, 0.3) is 0 Å². The number of rotatable bonds is 0. The summed E-state index contributed by atoms with van der Waals surface area (Å²) in [4.78, 5) is 0. The second-order valence-electron chi connectivity index (χ2n) is 2.85. The van der Waals surface area contributed by atoms with Gasteiger partial charge in [-0.2, -0.15) is 0 Å². The van der Waals surface area contributed by atoms with Crippen molar-refractivity contribution in [3.63, 3.8) is 0 Å². The van der Waals surface area contributed by atoms with Crippen molar-refractivity contribution in [1.29, 1.82) is 0 Å². The van der Waals surface area contributed by atoms with E-state index < -0.39 is 8.56 Å². The Morgan fingerprint density at radius 2 is 1.60 bits per heavy atom. The van der Waals surface area contributed by atoms with Gasteiger partial charge in [0.05, 0.1) is 0 Å². The van der Waals surface area contributed by atoms with Crippen LogP contribution in [0.5, 0.6) is 0 Å². The Balaban J connectivity index is 2.30. The van der Waals surface area contributed by atoms with Crippen LogP contribution in [0.3, 0.4) is 0 Å². The van der Waals surface area contributed by atoms with Gasteiger partial charge in [-0.3, -0.25) is 0 Å². The summed E-state index contributed by atoms with van der Waals surface area (Å²) < 4.78 is 11.0. The van der Waals surface area contributed by atoms with E-state index in [0.717, 1.165) is 26.3 Å². The molecule has 10 heavy (non-hydrogen) atoms. The third-order valence-corrected chi connectivity index (χ3v) is 3.26. The molecule has 4 heteroatoms. The van der Waals surface area contributed by atoms with Crippen LogP contribution in [0.1, 0.15) is 0 Å². The molecule has 1 aliphatic heterocycles. The monoisotopic (exact) mass is 161 g/mol. The highest BCUT2D eigenvalue weighted by atomic mass is 28.4. The van der Waals surface area contributed by atoms with Gasteiger partial charge in [0.2, 0.25) is 0 Å². The Morgan fingerprint density at radius 1 is 1.10 bits per heavy atom. The molecule has 0 unspecified atom stereocenters. The lowest BCUT2D eigenvalue weighted by molar-refractivity contribution is 0.161. The molecule has 1 aliphatic rings. The SMILES string of the molecule is C[Si]1(C)OCCNCCO1. The topological polar surface area (TPSA) is 30.5 Å². The molecule has 60 valence electrons. The van der Waals surface area contributed by atoms with Crippen molar-refractivity contribution in [1.82, 2.24) is 5.32 Å². The van der Waals surface area contributed by atoms with E-state index >= 15 is 0 Å². The molecule has 0 aromatic heterocycles. The molecule has 0 saturated carbocycles. The lowest BCUT2D eigenvalue weighted by atomic mass is 10.6. The molecule has 1 rings (SSSR count). The third-order valence-electron chi connectivity index (χ3n) is 1.46. The molecular formula is C6H15NO2Si. The molecule has 0 radical (unpaired) electrons. The molecule has 1 fully saturated rings. The normalized spacial score (nSPS) is 27.0. The Bertz CT molecular complexity index is 97.9. The fourth-order valence-corrected chi connectivity index (χ4v) is 2.18. The average molecular weight is 161 g/mol. The smallest absolute Gasteiger partial charge is 0.331 e. The zero-order valence-electron chi connectivity index (χ0n) is 6.64. The van der Waals surface area contributed by atoms with Gasteiger partial charge in [0.1, 0.15) is 0 Å². The summed E-state index contributed by atoms with van der Waals surface area (Å²) in [7, 11) is -1.71. The maximum atomic E-state index is 5.52. The van der Waals surface area contributed by atoms with Crippen molar-refractivity contribution in [2.75, 3.05) is 26.3 Å². The summed E-state index contributed by atoms with van der Waals surface area (Å²) in [5.41, 5.74) is 0. The minimum atomic E-state index is -1.71. The van der Waals surface area contributed by atoms with E-state index in [4.69, 9.17) is 8.85 Å². The summed E-state index contributed by atoms with van der Waals surface area (Å²) in [6, 6.07) is 0. The van der Waals surface area contributed by atoms with E-state index in [2.05, 4.69) is 18.4 Å². The lowest BCUT2D eigenvalue weighted by Crippen LogP contribution is -2.42. The summed E-state index contributed by atoms with van der Waals surface area (Å²) >= 11 is 0. The average Bonchev–Trinajstić information content (AvgIpc) is 1.81. The molecule has 0 bridgehead atoms. The molecule has 3 nitrogen and oxygen atoms in total. The number of hydrogen-bond donors (Lipinski definition) is 1. The molecule has 0 amide bonds. The van der Waals surface area contributed by atoms with E-state index in [1.54, 1.807) is 0 Å². The molecule has 1 heterocycles. The van der Waals surface area contributed by atoms with Crippen LogP contribution in [0, 0.1) is 0 Å². The van der Waals surface area contributed by atoms with Gasteiger partial charge in [0, 0.05) is 26.3 Å². The predicted molar refractivity (Wildman–Crippen MR) is 42.3 cm³/mol. The van der Waals surface area contributed by atoms with Crippen LogP contribution in [-0.4, -0.2) is 34.9 Å². The fourth-order valence-electron chi connectivity index (χ4n) is 0.905. The van der Waals surface area contributed by atoms with Crippen LogP contribution < -0.4 is 5.32 Å². The standard InChI is InChI=1S/C6H15NO2Si/c1-10(2)8-5-3-7-4-6-9-10/h7H,3-6H2,1-2H3. The van der Waals surface area contributed by atoms with E-state index in [0.29, 0.717) is 0 Å². The lowest BCUT2D eigenvalue weighted by Gasteiger charge is -2.25. The van der Waals surface area contributed by atoms with Gasteiger partial charge in [-0.15, -0.1) is 0 Å². The quantitative estimate of drug-likeness (QED) is 0.519. The number of hydrogen-bond acceptors (Lipinski definition) is 3. The zero-order chi connectivity index (χ0) is 7.45. The van der Waals surface area contributed by atoms with Crippen LogP contribution in [0.2, 0.25) is 13.1 Å². The first-order valence-corrected chi connectivity index (χ1v) is 6.51. The van der Waals surface area contributed by atoms with E-state index in [9.17, 15) is 0 Å². The van der Waals surface area contributed by atoms with Crippen molar-refractivity contribution in [2.24, 2.45) is 0 Å². The van der Waals surface area contributed by atoms with Gasteiger partial charge in [-0.1, -0.05) is 0 Å². The van der Waals surface area contributed by atoms with Gasteiger partial charge in [-0.25, -0.2) is 0 Å². The second kappa shape index (κ2) is 3.48. The molecule has 0 atom stereocenters. The third kappa shape index (κ3) is 2.79. The summed E-state index contributed by atoms with van der Waals surface area (Å²) in [5.74, 6) is 0. The Hall–Kier alpha value is 0.0969. The van der Waals surface area contributed by atoms with Gasteiger partial charge in [0.15, 0.2) is 0 Å². The van der Waals surface area contributed by atoms with Gasteiger partial charge < -0.3 is 14.2 Å². The van der Waals surface area contributed by atoms with Crippen LogP contribution in [0.25, 0.3) is 0 Å². The molecule has 1 N–H and O–H groups in total. The maximum absolute atomic E-state index is 5.52. The largest absolute Gasteiger partial charge is 0.393 e. The first-order valence-electron chi connectivity index (χ1n) is 3.69. The van der Waals surface area contributed by atoms with E-state index in [1.165, 1.54) is 0 Å². The minimum Gasteiger partial charge on any atom is -0.393 e. The Kier molecular flexibility index (Phi) is 2.85. The molecule has 0 aromatic rings. The van der Waals surface area contributed by atoms with Crippen LogP contribution in [0.15, 0.2) is 0 Å². The van der Waals surface area contributed by atoms with Crippen molar-refractivity contribution in [3.05, 3.63) is 0 Å². The maximum Gasteiger partial charge on any atom is 0.331 e. The van der Waals surface area contributed by atoms with Crippen molar-refractivity contribution in [3.8, 4) is 0 Å². The first-order chi connectivity index (χ1) is 4.71. The summed E-state index contributed by atoms with van der Waals surface area (Å²) in [6.07, 6.45) is 0. The molecule has 0 spiro atoms. The highest BCUT2D eigenvalue weighted by Gasteiger charge is 2.24. The molecule has 0 aliphatic carbocycles. The summed E-state index contributed by atoms with van der Waals surface area (Å²) in [5, 5.41) is 3.20. The van der Waals surface area contributed by atoms with Crippen LogP contribution in [-0.2, 0) is 8.85 Å². The van der Waals surface area contributed by atoms with Gasteiger partial charge >= 0.3 is 8.56 Å². The highest BCUT2D eigenvalue weighted by molar-refractivity contribution is 6.64. The van der Waals surface area contributed by atoms with Crippen molar-refractivity contribution >= 4 is 8.56 Å². The molecule has 1 saturated heterocycles. The predicted octanol–water partition coefficient (Wildman–Crippen LogP) is 0.325. The Labute approximate surface area is 63.0 Å². The fraction of sp³-hybridized carbons (Fsp3) is 1.00. The van der Waals surface area contributed by atoms with Crippen LogP contribution >= 0.6 is 0 Å². The zero-order valence-corrected chi connectivity index (χ0v) is 7.64. The van der Waals surface area contributed by atoms with E-state index in [-0.39, 0.29) is 0 Å². The van der Waals surface area contributed by atoms with Crippen LogP contribution in [0.4, 0.5) is 0 Å². The van der Waals surface area contributed by atoms with Crippen molar-refractivity contribution < 1.29 is 8.85 Å². The number of nitrogens with one attached hydrogen (secondary N) is 1. The Morgan fingerprint density at radius 3 is 2.10 bits per heavy atom. The molecular weight excluding hydrogens is 146 g/mol. The minimum absolute atomic E-state index is 0.791. The first kappa shape index (κ1) is 8.20. The van der Waals surface area contributed by atoms with Gasteiger partial charge in [-0.05, 0) is 13.1 Å². The second-order valence-corrected chi connectivity index (χ2v) is 6.22. The highest BCUT2D eigenvalue weighted by Crippen LogP contribution is 2.05. The van der Waals surface area contributed by atoms with E-state index in [1.807, 2.05) is 0 Å². The molecule has 0 aromatic carbocycles.